The number of aromatic nitrogens is 4. The summed E-state index contributed by atoms with van der Waals surface area (Å²) in [7, 11) is 1.84. The van der Waals surface area contributed by atoms with Crippen molar-refractivity contribution < 1.29 is 4.79 Å². The van der Waals surface area contributed by atoms with Crippen molar-refractivity contribution in [2.45, 2.75) is 50.6 Å². The molecule has 2 heterocycles. The van der Waals surface area contributed by atoms with E-state index < -0.39 is 0 Å². The van der Waals surface area contributed by atoms with Crippen LogP contribution in [0.3, 0.4) is 0 Å². The van der Waals surface area contributed by atoms with Gasteiger partial charge in [0, 0.05) is 13.1 Å². The van der Waals surface area contributed by atoms with Gasteiger partial charge in [0.05, 0.1) is 17.3 Å². The Bertz CT molecular complexity index is 627. The average molecular weight is 321 g/mol. The van der Waals surface area contributed by atoms with Gasteiger partial charge in [0.25, 0.3) is 0 Å². The zero-order valence-corrected chi connectivity index (χ0v) is 14.2. The van der Waals surface area contributed by atoms with Crippen molar-refractivity contribution >= 4 is 28.7 Å². The third kappa shape index (κ3) is 4.43. The summed E-state index contributed by atoms with van der Waals surface area (Å²) in [5, 5.41) is 8.90. The predicted octanol–water partition coefficient (Wildman–Crippen LogP) is 2.54. The van der Waals surface area contributed by atoms with Crippen molar-refractivity contribution in [3.63, 3.8) is 0 Å². The second kappa shape index (κ2) is 8.12. The maximum absolute atomic E-state index is 12.0. The highest BCUT2D eigenvalue weighted by Crippen LogP contribution is 2.23. The lowest BCUT2D eigenvalue weighted by molar-refractivity contribution is -0.119. The van der Waals surface area contributed by atoms with Crippen LogP contribution in [0.2, 0.25) is 0 Å². The predicted molar refractivity (Wildman–Crippen MR) is 88.8 cm³/mol. The van der Waals surface area contributed by atoms with E-state index in [4.69, 9.17) is 0 Å². The molecule has 0 radical (unpaired) electrons. The number of rotatable bonds is 8. The van der Waals surface area contributed by atoms with Gasteiger partial charge in [-0.3, -0.25) is 9.48 Å². The molecule has 7 heteroatoms. The van der Waals surface area contributed by atoms with Gasteiger partial charge in [0.1, 0.15) is 11.4 Å². The largest absolute Gasteiger partial charge is 0.353 e. The minimum Gasteiger partial charge on any atom is -0.353 e. The first-order valence-electron chi connectivity index (χ1n) is 7.66. The number of nitrogens with zero attached hydrogens (tertiary/aromatic N) is 4. The van der Waals surface area contributed by atoms with Gasteiger partial charge >= 0.3 is 0 Å². The zero-order valence-electron chi connectivity index (χ0n) is 13.4. The molecule has 0 aliphatic rings. The number of hydrogen-bond donors (Lipinski definition) is 1. The van der Waals surface area contributed by atoms with E-state index in [9.17, 15) is 4.79 Å². The van der Waals surface area contributed by atoms with E-state index in [-0.39, 0.29) is 11.9 Å². The van der Waals surface area contributed by atoms with Crippen LogP contribution in [-0.4, -0.2) is 37.5 Å². The topological polar surface area (TPSA) is 72.7 Å². The van der Waals surface area contributed by atoms with Crippen LogP contribution in [0.25, 0.3) is 11.0 Å². The van der Waals surface area contributed by atoms with Crippen LogP contribution in [0.1, 0.15) is 39.5 Å². The van der Waals surface area contributed by atoms with Gasteiger partial charge < -0.3 is 5.32 Å². The standard InChI is InChI=1S/C15H23N5OS/c1-4-5-6-7-11(2)19-13(21)9-22-15-12-8-18-20(3)14(12)16-10-17-15/h8,10-11H,4-7,9H2,1-3H3,(H,19,21). The monoisotopic (exact) mass is 321 g/mol. The molecule has 2 aromatic rings. The van der Waals surface area contributed by atoms with Crippen LogP contribution in [0, 0.1) is 0 Å². The molecule has 0 aliphatic carbocycles. The van der Waals surface area contributed by atoms with Crippen LogP contribution in [0.4, 0.5) is 0 Å². The van der Waals surface area contributed by atoms with Crippen LogP contribution >= 0.6 is 11.8 Å². The molecule has 22 heavy (non-hydrogen) atoms. The van der Waals surface area contributed by atoms with Crippen LogP contribution in [0.15, 0.2) is 17.6 Å². The smallest absolute Gasteiger partial charge is 0.230 e. The average Bonchev–Trinajstić information content (AvgIpc) is 2.88. The van der Waals surface area contributed by atoms with Crippen molar-refractivity contribution in [1.82, 2.24) is 25.1 Å². The molecule has 0 aromatic carbocycles. The summed E-state index contributed by atoms with van der Waals surface area (Å²) in [5.74, 6) is 0.406. The lowest BCUT2D eigenvalue weighted by Crippen LogP contribution is -2.33. The Balaban J connectivity index is 1.85. The number of carbonyl (C=O) groups is 1. The number of unbranched alkanes of at least 4 members (excludes halogenated alkanes) is 2. The summed E-state index contributed by atoms with van der Waals surface area (Å²) in [6.07, 6.45) is 7.86. The molecule has 1 N–H and O–H groups in total. The second-order valence-corrected chi connectivity index (χ2v) is 6.40. The minimum absolute atomic E-state index is 0.0460. The third-order valence-corrected chi connectivity index (χ3v) is 4.49. The molecular weight excluding hydrogens is 298 g/mol. The van der Waals surface area contributed by atoms with E-state index in [0.29, 0.717) is 5.75 Å². The highest BCUT2D eigenvalue weighted by Gasteiger charge is 2.12. The summed E-state index contributed by atoms with van der Waals surface area (Å²) in [6, 6.07) is 0.225. The quantitative estimate of drug-likeness (QED) is 0.459. The molecule has 0 fully saturated rings. The van der Waals surface area contributed by atoms with Gasteiger partial charge in [0.15, 0.2) is 5.65 Å². The number of amides is 1. The van der Waals surface area contributed by atoms with Gasteiger partial charge in [-0.05, 0) is 13.3 Å². The summed E-state index contributed by atoms with van der Waals surface area (Å²) in [4.78, 5) is 20.4. The molecule has 0 spiro atoms. The van der Waals surface area contributed by atoms with E-state index >= 15 is 0 Å². The zero-order chi connectivity index (χ0) is 15.9. The molecule has 1 atom stereocenters. The highest BCUT2D eigenvalue weighted by molar-refractivity contribution is 8.00. The Morgan fingerprint density at radius 3 is 3.00 bits per heavy atom. The van der Waals surface area contributed by atoms with Gasteiger partial charge in [-0.25, -0.2) is 9.97 Å². The van der Waals surface area contributed by atoms with E-state index in [2.05, 4.69) is 34.2 Å². The van der Waals surface area contributed by atoms with Crippen LogP contribution < -0.4 is 5.32 Å². The SMILES string of the molecule is CCCCCC(C)NC(=O)CSc1ncnc2c1cnn2C. The van der Waals surface area contributed by atoms with Gasteiger partial charge in [-0.2, -0.15) is 5.10 Å². The Morgan fingerprint density at radius 1 is 1.41 bits per heavy atom. The van der Waals surface area contributed by atoms with Crippen LogP contribution in [-0.2, 0) is 11.8 Å². The molecule has 120 valence electrons. The number of hydrogen-bond acceptors (Lipinski definition) is 5. The lowest BCUT2D eigenvalue weighted by atomic mass is 10.1. The fraction of sp³-hybridized carbons (Fsp3) is 0.600. The molecular formula is C15H23N5OS. The molecule has 1 unspecified atom stereocenters. The number of fused-ring (bicyclic) bond motifs is 1. The fourth-order valence-electron chi connectivity index (χ4n) is 2.28. The number of aryl methyl sites for hydroxylation is 1. The summed E-state index contributed by atoms with van der Waals surface area (Å²) >= 11 is 1.43. The van der Waals surface area contributed by atoms with Gasteiger partial charge in [-0.15, -0.1) is 0 Å². The Morgan fingerprint density at radius 2 is 2.23 bits per heavy atom. The van der Waals surface area contributed by atoms with Crippen LogP contribution in [0.5, 0.6) is 0 Å². The third-order valence-electron chi connectivity index (χ3n) is 3.48. The Hall–Kier alpha value is -1.63. The molecule has 2 aromatic heterocycles. The first-order valence-corrected chi connectivity index (χ1v) is 8.65. The second-order valence-electron chi connectivity index (χ2n) is 5.44. The number of nitrogens with one attached hydrogen (secondary N) is 1. The van der Waals surface area contributed by atoms with E-state index in [1.54, 1.807) is 10.9 Å². The molecule has 0 bridgehead atoms. The fourth-order valence-corrected chi connectivity index (χ4v) is 3.05. The van der Waals surface area contributed by atoms with E-state index in [0.717, 1.165) is 28.9 Å². The first kappa shape index (κ1) is 16.7. The molecule has 0 saturated heterocycles. The van der Waals surface area contributed by atoms with Crippen molar-refractivity contribution in [3.05, 3.63) is 12.5 Å². The highest BCUT2D eigenvalue weighted by atomic mass is 32.2. The van der Waals surface area contributed by atoms with Crippen molar-refractivity contribution in [2.75, 3.05) is 5.75 Å². The minimum atomic E-state index is 0.0460. The van der Waals surface area contributed by atoms with Gasteiger partial charge in [0.2, 0.25) is 5.91 Å². The van der Waals surface area contributed by atoms with E-state index in [1.165, 1.54) is 30.9 Å². The molecule has 1 amide bonds. The normalized spacial score (nSPS) is 12.5. The maximum atomic E-state index is 12.0. The van der Waals surface area contributed by atoms with Crippen molar-refractivity contribution in [2.24, 2.45) is 7.05 Å². The van der Waals surface area contributed by atoms with Crippen molar-refractivity contribution in [1.29, 1.82) is 0 Å². The van der Waals surface area contributed by atoms with Gasteiger partial charge in [-0.1, -0.05) is 37.9 Å². The molecule has 0 saturated carbocycles. The maximum Gasteiger partial charge on any atom is 0.230 e. The molecule has 2 rings (SSSR count). The summed E-state index contributed by atoms with van der Waals surface area (Å²) in [6.45, 7) is 4.24. The summed E-state index contributed by atoms with van der Waals surface area (Å²) in [5.41, 5.74) is 0.783. The number of thioether (sulfide) groups is 1. The van der Waals surface area contributed by atoms with Crippen molar-refractivity contribution in [3.8, 4) is 0 Å². The summed E-state index contributed by atoms with van der Waals surface area (Å²) < 4.78 is 1.71. The Labute approximate surface area is 135 Å². The molecule has 0 aliphatic heterocycles. The molecule has 6 nitrogen and oxygen atoms in total. The van der Waals surface area contributed by atoms with E-state index in [1.807, 2.05) is 7.05 Å². The first-order chi connectivity index (χ1) is 10.6. The number of carbonyl (C=O) groups excluding carboxylic acids is 1. The Kier molecular flexibility index (Phi) is 6.18. The lowest BCUT2D eigenvalue weighted by Gasteiger charge is -2.13.